The Morgan fingerprint density at radius 1 is 1.08 bits per heavy atom. The molecule has 0 saturated heterocycles. The molecule has 13 heavy (non-hydrogen) atoms. The van der Waals surface area contributed by atoms with Gasteiger partial charge in [-0.25, -0.2) is 0 Å². The zero-order valence-electron chi connectivity index (χ0n) is 9.02. The van der Waals surface area contributed by atoms with Crippen LogP contribution in [0.3, 0.4) is 0 Å². The lowest BCUT2D eigenvalue weighted by molar-refractivity contribution is 0.0912. The number of halogens is 1. The first-order valence-electron chi connectivity index (χ1n) is 5.43. The summed E-state index contributed by atoms with van der Waals surface area (Å²) in [6.07, 6.45) is 9.83. The van der Waals surface area contributed by atoms with E-state index in [1.165, 1.54) is 49.4 Å². The van der Waals surface area contributed by atoms with Crippen molar-refractivity contribution in [2.45, 2.75) is 58.0 Å². The molecule has 0 rings (SSSR count). The van der Waals surface area contributed by atoms with Gasteiger partial charge in [-0.2, -0.15) is 0 Å². The SMILES string of the molecule is CCCCCCC[C@H](CCI)OC. The summed E-state index contributed by atoms with van der Waals surface area (Å²) in [5, 5.41) is 0. The third kappa shape index (κ3) is 9.01. The van der Waals surface area contributed by atoms with Crippen LogP contribution in [0.25, 0.3) is 0 Å². The van der Waals surface area contributed by atoms with Gasteiger partial charge >= 0.3 is 0 Å². The van der Waals surface area contributed by atoms with E-state index in [4.69, 9.17) is 4.74 Å². The third-order valence-electron chi connectivity index (χ3n) is 2.39. The van der Waals surface area contributed by atoms with E-state index < -0.39 is 0 Å². The molecule has 0 amide bonds. The molecule has 1 atom stereocenters. The molecule has 0 unspecified atom stereocenters. The van der Waals surface area contributed by atoms with Crippen LogP contribution in [-0.4, -0.2) is 17.6 Å². The maximum Gasteiger partial charge on any atom is 0.0578 e. The highest BCUT2D eigenvalue weighted by atomic mass is 127. The molecule has 80 valence electrons. The Kier molecular flexibility index (Phi) is 11.3. The first-order chi connectivity index (χ1) is 6.35. The maximum absolute atomic E-state index is 5.39. The van der Waals surface area contributed by atoms with Gasteiger partial charge in [0, 0.05) is 11.5 Å². The maximum atomic E-state index is 5.39. The average Bonchev–Trinajstić information content (AvgIpc) is 2.16. The highest BCUT2D eigenvalue weighted by molar-refractivity contribution is 14.1. The second-order valence-corrected chi connectivity index (χ2v) is 4.62. The lowest BCUT2D eigenvalue weighted by Crippen LogP contribution is -2.10. The highest BCUT2D eigenvalue weighted by Crippen LogP contribution is 2.12. The van der Waals surface area contributed by atoms with E-state index in [-0.39, 0.29) is 0 Å². The minimum atomic E-state index is 0.513. The first-order valence-corrected chi connectivity index (χ1v) is 6.96. The van der Waals surface area contributed by atoms with Gasteiger partial charge in [-0.15, -0.1) is 0 Å². The summed E-state index contributed by atoms with van der Waals surface area (Å²) in [5.74, 6) is 0. The van der Waals surface area contributed by atoms with Gasteiger partial charge in [0.1, 0.15) is 0 Å². The van der Waals surface area contributed by atoms with Crippen molar-refractivity contribution >= 4 is 22.6 Å². The number of unbranched alkanes of at least 4 members (excludes halogenated alkanes) is 4. The predicted molar refractivity (Wildman–Crippen MR) is 67.7 cm³/mol. The van der Waals surface area contributed by atoms with E-state index in [0.717, 1.165) is 0 Å². The fraction of sp³-hybridized carbons (Fsp3) is 1.00. The summed E-state index contributed by atoms with van der Waals surface area (Å²) < 4.78 is 6.61. The number of rotatable bonds is 9. The Morgan fingerprint density at radius 3 is 2.31 bits per heavy atom. The van der Waals surface area contributed by atoms with Gasteiger partial charge in [-0.1, -0.05) is 61.6 Å². The van der Waals surface area contributed by atoms with Crippen LogP contribution in [0.1, 0.15) is 51.9 Å². The highest BCUT2D eigenvalue weighted by Gasteiger charge is 2.04. The Hall–Kier alpha value is 0.690. The molecule has 0 aromatic heterocycles. The Morgan fingerprint density at radius 2 is 1.77 bits per heavy atom. The Balaban J connectivity index is 3.17. The molecule has 1 nitrogen and oxygen atoms in total. The molecule has 2 heteroatoms. The monoisotopic (exact) mass is 298 g/mol. The van der Waals surface area contributed by atoms with E-state index in [0.29, 0.717) is 6.10 Å². The number of alkyl halides is 1. The summed E-state index contributed by atoms with van der Waals surface area (Å²) >= 11 is 2.42. The first kappa shape index (κ1) is 13.7. The minimum absolute atomic E-state index is 0.513. The van der Waals surface area contributed by atoms with Crippen molar-refractivity contribution in [3.8, 4) is 0 Å². The lowest BCUT2D eigenvalue weighted by atomic mass is 10.1. The zero-order chi connectivity index (χ0) is 9.94. The smallest absolute Gasteiger partial charge is 0.0578 e. The van der Waals surface area contributed by atoms with Crippen molar-refractivity contribution in [1.82, 2.24) is 0 Å². The molecule has 0 heterocycles. The molecular weight excluding hydrogens is 275 g/mol. The Labute approximate surface area is 96.8 Å². The molecule has 0 radical (unpaired) electrons. The minimum Gasteiger partial charge on any atom is -0.381 e. The van der Waals surface area contributed by atoms with Gasteiger partial charge < -0.3 is 4.74 Å². The molecule has 0 aromatic carbocycles. The van der Waals surface area contributed by atoms with Crippen molar-refractivity contribution in [2.75, 3.05) is 11.5 Å². The van der Waals surface area contributed by atoms with Crippen LogP contribution < -0.4 is 0 Å². The van der Waals surface area contributed by atoms with E-state index >= 15 is 0 Å². The van der Waals surface area contributed by atoms with Gasteiger partial charge in [-0.05, 0) is 12.8 Å². The molecule has 0 aliphatic carbocycles. The summed E-state index contributed by atoms with van der Waals surface area (Å²) in [5.41, 5.74) is 0. The number of hydrogen-bond acceptors (Lipinski definition) is 1. The summed E-state index contributed by atoms with van der Waals surface area (Å²) in [4.78, 5) is 0. The molecular formula is C11H23IO. The fourth-order valence-corrected chi connectivity index (χ4v) is 2.17. The largest absolute Gasteiger partial charge is 0.381 e. The standard InChI is InChI=1S/C11H23IO/c1-3-4-5-6-7-8-11(13-2)9-10-12/h11H,3-10H2,1-2H3/t11-/m1/s1. The second kappa shape index (κ2) is 10.8. The second-order valence-electron chi connectivity index (χ2n) is 3.54. The van der Waals surface area contributed by atoms with Crippen molar-refractivity contribution < 1.29 is 4.74 Å². The zero-order valence-corrected chi connectivity index (χ0v) is 11.2. The van der Waals surface area contributed by atoms with Crippen LogP contribution in [-0.2, 0) is 4.74 Å². The fourth-order valence-electron chi connectivity index (χ4n) is 1.48. The van der Waals surface area contributed by atoms with Crippen molar-refractivity contribution in [3.05, 3.63) is 0 Å². The van der Waals surface area contributed by atoms with Crippen LogP contribution in [0.2, 0.25) is 0 Å². The van der Waals surface area contributed by atoms with E-state index in [1.54, 1.807) is 0 Å². The van der Waals surface area contributed by atoms with E-state index in [9.17, 15) is 0 Å². The lowest BCUT2D eigenvalue weighted by Gasteiger charge is -2.13. The van der Waals surface area contributed by atoms with E-state index in [1.807, 2.05) is 7.11 Å². The normalized spacial score (nSPS) is 13.2. The molecule has 0 aliphatic heterocycles. The average molecular weight is 298 g/mol. The molecule has 0 aromatic rings. The number of ether oxygens (including phenoxy) is 1. The van der Waals surface area contributed by atoms with Crippen LogP contribution in [0.4, 0.5) is 0 Å². The number of hydrogen-bond donors (Lipinski definition) is 0. The molecule has 0 bridgehead atoms. The number of methoxy groups -OCH3 is 1. The van der Waals surface area contributed by atoms with Gasteiger partial charge in [0.05, 0.1) is 6.10 Å². The summed E-state index contributed by atoms with van der Waals surface area (Å²) in [6, 6.07) is 0. The van der Waals surface area contributed by atoms with Gasteiger partial charge in [0.15, 0.2) is 0 Å². The van der Waals surface area contributed by atoms with Gasteiger partial charge in [0.2, 0.25) is 0 Å². The van der Waals surface area contributed by atoms with Crippen LogP contribution in [0, 0.1) is 0 Å². The molecule has 0 spiro atoms. The summed E-state index contributed by atoms with van der Waals surface area (Å²) in [7, 11) is 1.84. The Bertz CT molecular complexity index is 96.1. The van der Waals surface area contributed by atoms with Crippen molar-refractivity contribution in [2.24, 2.45) is 0 Å². The quantitative estimate of drug-likeness (QED) is 0.352. The van der Waals surface area contributed by atoms with Crippen molar-refractivity contribution in [1.29, 1.82) is 0 Å². The van der Waals surface area contributed by atoms with Crippen molar-refractivity contribution in [3.63, 3.8) is 0 Å². The van der Waals surface area contributed by atoms with Gasteiger partial charge in [-0.3, -0.25) is 0 Å². The van der Waals surface area contributed by atoms with Crippen LogP contribution in [0.15, 0.2) is 0 Å². The van der Waals surface area contributed by atoms with Crippen LogP contribution in [0.5, 0.6) is 0 Å². The van der Waals surface area contributed by atoms with Crippen LogP contribution >= 0.6 is 22.6 Å². The third-order valence-corrected chi connectivity index (χ3v) is 3.02. The summed E-state index contributed by atoms with van der Waals surface area (Å²) in [6.45, 7) is 2.26. The van der Waals surface area contributed by atoms with Gasteiger partial charge in [0.25, 0.3) is 0 Å². The molecule has 0 aliphatic rings. The topological polar surface area (TPSA) is 9.23 Å². The van der Waals surface area contributed by atoms with E-state index in [2.05, 4.69) is 29.5 Å². The predicted octanol–water partition coefficient (Wildman–Crippen LogP) is 4.19. The molecule has 0 saturated carbocycles. The molecule has 0 fully saturated rings. The molecule has 0 N–H and O–H groups in total.